The molecule has 0 amide bonds. The lowest BCUT2D eigenvalue weighted by atomic mass is 10.2. The number of likely N-dealkylation sites (N-methyl/N-ethyl adjacent to an activating group) is 1. The van der Waals surface area contributed by atoms with Crippen molar-refractivity contribution in [2.75, 3.05) is 40.2 Å². The predicted octanol–water partition coefficient (Wildman–Crippen LogP) is 1.97. The Morgan fingerprint density at radius 3 is 2.30 bits per heavy atom. The first-order valence-corrected chi connectivity index (χ1v) is 6.20. The smallest absolute Gasteiger partial charge is 0.296 e. The summed E-state index contributed by atoms with van der Waals surface area (Å²) in [6.07, 6.45) is 0. The van der Waals surface area contributed by atoms with E-state index in [4.69, 9.17) is 9.47 Å². The van der Waals surface area contributed by atoms with E-state index >= 15 is 0 Å². The number of methoxy groups -OCH3 is 2. The van der Waals surface area contributed by atoms with Gasteiger partial charge in [0.15, 0.2) is 11.5 Å². The number of hydrogen-bond donors (Lipinski definition) is 1. The second-order valence-corrected chi connectivity index (χ2v) is 4.79. The van der Waals surface area contributed by atoms with Crippen LogP contribution in [0.1, 0.15) is 6.92 Å². The Labute approximate surface area is 118 Å². The first-order chi connectivity index (χ1) is 9.38. The SMILES string of the molecule is COc1cc(NC(C)CN(C)C)c([N+](=O)[O-])cc1OC. The highest BCUT2D eigenvalue weighted by atomic mass is 16.6. The average Bonchev–Trinajstić information content (AvgIpc) is 2.36. The van der Waals surface area contributed by atoms with Crippen molar-refractivity contribution in [3.63, 3.8) is 0 Å². The number of ether oxygens (including phenoxy) is 2. The minimum Gasteiger partial charge on any atom is -0.493 e. The van der Waals surface area contributed by atoms with Crippen LogP contribution in [0.3, 0.4) is 0 Å². The van der Waals surface area contributed by atoms with Gasteiger partial charge in [0.2, 0.25) is 0 Å². The molecule has 0 saturated heterocycles. The first kappa shape index (κ1) is 16.0. The molecule has 1 N–H and O–H groups in total. The third kappa shape index (κ3) is 3.99. The van der Waals surface area contributed by atoms with E-state index in [9.17, 15) is 10.1 Å². The van der Waals surface area contributed by atoms with E-state index in [0.29, 0.717) is 17.2 Å². The van der Waals surface area contributed by atoms with Gasteiger partial charge in [0.25, 0.3) is 5.69 Å². The van der Waals surface area contributed by atoms with Crippen LogP contribution in [-0.4, -0.2) is 50.7 Å². The molecule has 0 fully saturated rings. The average molecular weight is 283 g/mol. The summed E-state index contributed by atoms with van der Waals surface area (Å²) in [5.74, 6) is 0.794. The third-order valence-electron chi connectivity index (χ3n) is 2.74. The first-order valence-electron chi connectivity index (χ1n) is 6.20. The summed E-state index contributed by atoms with van der Waals surface area (Å²) < 4.78 is 10.3. The molecule has 0 heterocycles. The maximum atomic E-state index is 11.2. The van der Waals surface area contributed by atoms with Crippen LogP contribution >= 0.6 is 0 Å². The number of hydrogen-bond acceptors (Lipinski definition) is 6. The fourth-order valence-electron chi connectivity index (χ4n) is 1.99. The maximum absolute atomic E-state index is 11.2. The monoisotopic (exact) mass is 283 g/mol. The second kappa shape index (κ2) is 6.95. The minimum absolute atomic E-state index is 0.0340. The van der Waals surface area contributed by atoms with Crippen LogP contribution in [-0.2, 0) is 0 Å². The summed E-state index contributed by atoms with van der Waals surface area (Å²) in [4.78, 5) is 12.7. The summed E-state index contributed by atoms with van der Waals surface area (Å²) in [7, 11) is 6.84. The third-order valence-corrected chi connectivity index (χ3v) is 2.74. The van der Waals surface area contributed by atoms with Crippen molar-refractivity contribution in [2.24, 2.45) is 0 Å². The lowest BCUT2D eigenvalue weighted by molar-refractivity contribution is -0.384. The molecule has 0 saturated carbocycles. The summed E-state index contributed by atoms with van der Waals surface area (Å²) in [5.41, 5.74) is 0.384. The largest absolute Gasteiger partial charge is 0.493 e. The summed E-state index contributed by atoms with van der Waals surface area (Å²) in [6, 6.07) is 3.01. The predicted molar refractivity (Wildman–Crippen MR) is 77.8 cm³/mol. The summed E-state index contributed by atoms with van der Waals surface area (Å²) >= 11 is 0. The normalized spacial score (nSPS) is 12.1. The van der Waals surface area contributed by atoms with Gasteiger partial charge in [-0.15, -0.1) is 0 Å². The van der Waals surface area contributed by atoms with Crippen molar-refractivity contribution >= 4 is 11.4 Å². The van der Waals surface area contributed by atoms with Crippen molar-refractivity contribution in [2.45, 2.75) is 13.0 Å². The minimum atomic E-state index is -0.438. The van der Waals surface area contributed by atoms with Gasteiger partial charge in [0, 0.05) is 18.7 Å². The Morgan fingerprint density at radius 1 is 1.30 bits per heavy atom. The van der Waals surface area contributed by atoms with E-state index in [2.05, 4.69) is 5.32 Å². The molecule has 112 valence electrons. The molecule has 7 heteroatoms. The number of benzene rings is 1. The molecule has 0 aliphatic heterocycles. The zero-order valence-electron chi connectivity index (χ0n) is 12.5. The molecule has 0 aliphatic rings. The molecule has 1 aromatic carbocycles. The highest BCUT2D eigenvalue weighted by Gasteiger charge is 2.20. The molecule has 1 rings (SSSR count). The quantitative estimate of drug-likeness (QED) is 0.609. The Hall–Kier alpha value is -2.02. The van der Waals surface area contributed by atoms with Gasteiger partial charge in [-0.05, 0) is 21.0 Å². The molecule has 0 aromatic heterocycles. The highest BCUT2D eigenvalue weighted by molar-refractivity contribution is 5.68. The Kier molecular flexibility index (Phi) is 5.57. The number of rotatable bonds is 7. The molecular weight excluding hydrogens is 262 g/mol. The van der Waals surface area contributed by atoms with Gasteiger partial charge in [-0.1, -0.05) is 0 Å². The van der Waals surface area contributed by atoms with Crippen molar-refractivity contribution < 1.29 is 14.4 Å². The summed E-state index contributed by atoms with van der Waals surface area (Å²) in [5, 5.41) is 14.3. The van der Waals surface area contributed by atoms with Gasteiger partial charge < -0.3 is 19.7 Å². The fourth-order valence-corrected chi connectivity index (χ4v) is 1.99. The molecule has 1 atom stereocenters. The molecule has 0 spiro atoms. The van der Waals surface area contributed by atoms with Gasteiger partial charge in [0.05, 0.1) is 25.2 Å². The van der Waals surface area contributed by atoms with Crippen LogP contribution in [0.25, 0.3) is 0 Å². The number of nitro groups is 1. The number of nitrogens with zero attached hydrogens (tertiary/aromatic N) is 2. The Morgan fingerprint density at radius 2 is 1.85 bits per heavy atom. The number of nitro benzene ring substituents is 1. The van der Waals surface area contributed by atoms with Crippen molar-refractivity contribution in [1.82, 2.24) is 4.90 Å². The molecule has 0 radical (unpaired) electrons. The Balaban J connectivity index is 3.12. The van der Waals surface area contributed by atoms with Crippen molar-refractivity contribution in [3.8, 4) is 11.5 Å². The molecule has 1 unspecified atom stereocenters. The topological polar surface area (TPSA) is 76.9 Å². The molecule has 0 bridgehead atoms. The lowest BCUT2D eigenvalue weighted by Crippen LogP contribution is -2.29. The molecule has 7 nitrogen and oxygen atoms in total. The van der Waals surface area contributed by atoms with Crippen LogP contribution in [0.4, 0.5) is 11.4 Å². The lowest BCUT2D eigenvalue weighted by Gasteiger charge is -2.20. The van der Waals surface area contributed by atoms with Gasteiger partial charge in [0.1, 0.15) is 5.69 Å². The summed E-state index contributed by atoms with van der Waals surface area (Å²) in [6.45, 7) is 2.71. The van der Waals surface area contributed by atoms with Crippen LogP contribution < -0.4 is 14.8 Å². The highest BCUT2D eigenvalue weighted by Crippen LogP contribution is 2.37. The second-order valence-electron chi connectivity index (χ2n) is 4.79. The van der Waals surface area contributed by atoms with E-state index < -0.39 is 4.92 Å². The molecule has 20 heavy (non-hydrogen) atoms. The van der Waals surface area contributed by atoms with E-state index in [1.165, 1.54) is 20.3 Å². The van der Waals surface area contributed by atoms with Gasteiger partial charge in [-0.3, -0.25) is 10.1 Å². The van der Waals surface area contributed by atoms with E-state index in [1.807, 2.05) is 25.9 Å². The number of anilines is 1. The van der Waals surface area contributed by atoms with Crippen LogP contribution in [0.15, 0.2) is 12.1 Å². The van der Waals surface area contributed by atoms with Crippen molar-refractivity contribution in [3.05, 3.63) is 22.2 Å². The van der Waals surface area contributed by atoms with E-state index in [-0.39, 0.29) is 11.7 Å². The molecule has 1 aromatic rings. The molecular formula is C13H21N3O4. The van der Waals surface area contributed by atoms with Crippen molar-refractivity contribution in [1.29, 1.82) is 0 Å². The zero-order chi connectivity index (χ0) is 15.3. The van der Waals surface area contributed by atoms with Crippen LogP contribution in [0.2, 0.25) is 0 Å². The van der Waals surface area contributed by atoms with Gasteiger partial charge in [-0.2, -0.15) is 0 Å². The van der Waals surface area contributed by atoms with E-state index in [0.717, 1.165) is 6.54 Å². The fraction of sp³-hybridized carbons (Fsp3) is 0.538. The maximum Gasteiger partial charge on any atom is 0.296 e. The zero-order valence-corrected chi connectivity index (χ0v) is 12.5. The van der Waals surface area contributed by atoms with Crippen LogP contribution in [0, 0.1) is 10.1 Å². The standard InChI is InChI=1S/C13H21N3O4/c1-9(8-15(2)3)14-10-6-12(19-4)13(20-5)7-11(10)16(17)18/h6-7,9,14H,8H2,1-5H3. The Bertz CT molecular complexity index is 477. The molecule has 0 aliphatic carbocycles. The van der Waals surface area contributed by atoms with Gasteiger partial charge >= 0.3 is 0 Å². The number of nitrogens with one attached hydrogen (secondary N) is 1. The van der Waals surface area contributed by atoms with Gasteiger partial charge in [-0.25, -0.2) is 0 Å². The van der Waals surface area contributed by atoms with Crippen LogP contribution in [0.5, 0.6) is 11.5 Å². The van der Waals surface area contributed by atoms with E-state index in [1.54, 1.807) is 6.07 Å².